The second-order valence-corrected chi connectivity index (χ2v) is 4.97. The number of alkyl halides is 2. The highest BCUT2D eigenvalue weighted by atomic mass is 19.3. The van der Waals surface area contributed by atoms with Crippen LogP contribution in [0.1, 0.15) is 17.9 Å². The summed E-state index contributed by atoms with van der Waals surface area (Å²) < 4.78 is 31.0. The molecule has 2 aromatic rings. The Hall–Kier alpha value is -2.43. The number of anilines is 1. The molecular weight excluding hydrogens is 276 g/mol. The third-order valence-corrected chi connectivity index (χ3v) is 3.34. The highest BCUT2D eigenvalue weighted by molar-refractivity contribution is 5.86. The highest BCUT2D eigenvalue weighted by Crippen LogP contribution is 2.55. The molecule has 0 heterocycles. The van der Waals surface area contributed by atoms with Gasteiger partial charge < -0.3 is 4.74 Å². The zero-order valence-electron chi connectivity index (χ0n) is 11.1. The van der Waals surface area contributed by atoms with Gasteiger partial charge in [-0.25, -0.2) is 13.6 Å². The Balaban J connectivity index is 1.59. The second kappa shape index (κ2) is 5.16. The van der Waals surface area contributed by atoms with E-state index in [2.05, 4.69) is 5.32 Å². The number of halogens is 2. The minimum absolute atomic E-state index is 0.101. The molecular formula is C16H13F2NO2. The van der Waals surface area contributed by atoms with Gasteiger partial charge in [-0.2, -0.15) is 0 Å². The third-order valence-electron chi connectivity index (χ3n) is 3.34. The predicted molar refractivity (Wildman–Crippen MR) is 74.8 cm³/mol. The molecule has 0 aliphatic heterocycles. The first-order chi connectivity index (χ1) is 10.0. The number of rotatable bonds is 3. The average molecular weight is 289 g/mol. The molecule has 0 saturated heterocycles. The molecule has 1 saturated carbocycles. The summed E-state index contributed by atoms with van der Waals surface area (Å²) in [7, 11) is 0. The van der Waals surface area contributed by atoms with Gasteiger partial charge in [0.1, 0.15) is 5.75 Å². The molecule has 3 nitrogen and oxygen atoms in total. The Labute approximate surface area is 120 Å². The van der Waals surface area contributed by atoms with Crippen LogP contribution in [0, 0.1) is 0 Å². The molecule has 1 atom stereocenters. The number of hydrogen-bond donors (Lipinski definition) is 1. The summed E-state index contributed by atoms with van der Waals surface area (Å²) in [5.41, 5.74) is 1.09. The number of ether oxygens (including phenoxy) is 1. The van der Waals surface area contributed by atoms with Gasteiger partial charge in [-0.15, -0.1) is 0 Å². The van der Waals surface area contributed by atoms with E-state index in [0.717, 1.165) is 0 Å². The molecule has 0 bridgehead atoms. The van der Waals surface area contributed by atoms with Gasteiger partial charge in [0.25, 0.3) is 5.92 Å². The van der Waals surface area contributed by atoms with Crippen LogP contribution in [0.4, 0.5) is 19.3 Å². The van der Waals surface area contributed by atoms with Gasteiger partial charge in [0.15, 0.2) is 0 Å². The molecule has 1 unspecified atom stereocenters. The number of carbonyl (C=O) groups is 1. The third kappa shape index (κ3) is 3.18. The van der Waals surface area contributed by atoms with Crippen molar-refractivity contribution in [3.05, 3.63) is 60.2 Å². The largest absolute Gasteiger partial charge is 0.417 e. The zero-order valence-corrected chi connectivity index (χ0v) is 11.1. The molecule has 108 valence electrons. The van der Waals surface area contributed by atoms with Gasteiger partial charge in [-0.1, -0.05) is 30.3 Å². The maximum Gasteiger partial charge on any atom is 0.417 e. The molecule has 0 spiro atoms. The number of nitrogens with one attached hydrogen (secondary N) is 1. The molecule has 3 rings (SSSR count). The molecule has 1 fully saturated rings. The Morgan fingerprint density at radius 3 is 2.29 bits per heavy atom. The lowest BCUT2D eigenvalue weighted by Gasteiger charge is -2.07. The van der Waals surface area contributed by atoms with Crippen molar-refractivity contribution >= 4 is 11.8 Å². The van der Waals surface area contributed by atoms with Crippen molar-refractivity contribution in [2.75, 3.05) is 5.32 Å². The van der Waals surface area contributed by atoms with Crippen LogP contribution in [-0.4, -0.2) is 12.0 Å². The van der Waals surface area contributed by atoms with E-state index in [1.165, 1.54) is 0 Å². The van der Waals surface area contributed by atoms with Crippen LogP contribution >= 0.6 is 0 Å². The van der Waals surface area contributed by atoms with Gasteiger partial charge in [0.05, 0.1) is 5.92 Å². The molecule has 2 aromatic carbocycles. The van der Waals surface area contributed by atoms with Gasteiger partial charge >= 0.3 is 6.09 Å². The van der Waals surface area contributed by atoms with Gasteiger partial charge in [-0.05, 0) is 29.8 Å². The lowest BCUT2D eigenvalue weighted by Crippen LogP contribution is -2.16. The normalized spacial score (nSPS) is 18.9. The van der Waals surface area contributed by atoms with E-state index in [1.807, 2.05) is 6.07 Å². The van der Waals surface area contributed by atoms with Crippen LogP contribution in [0.2, 0.25) is 0 Å². The highest BCUT2D eigenvalue weighted by Gasteiger charge is 2.57. The van der Waals surface area contributed by atoms with Crippen molar-refractivity contribution in [2.24, 2.45) is 0 Å². The minimum atomic E-state index is -2.58. The van der Waals surface area contributed by atoms with Gasteiger partial charge in [-0.3, -0.25) is 5.32 Å². The Bertz CT molecular complexity index is 641. The Morgan fingerprint density at radius 1 is 1.10 bits per heavy atom. The standard InChI is InChI=1S/C16H13F2NO2/c17-16(18)10-14(16)11-6-8-12(9-7-11)19-15(20)21-13-4-2-1-3-5-13/h1-9,14H,10H2,(H,19,20). The first-order valence-electron chi connectivity index (χ1n) is 6.56. The van der Waals surface area contributed by atoms with Crippen LogP contribution in [0.15, 0.2) is 54.6 Å². The number of carbonyl (C=O) groups excluding carboxylic acids is 1. The molecule has 1 amide bonds. The van der Waals surface area contributed by atoms with Crippen LogP contribution in [0.25, 0.3) is 0 Å². The maximum absolute atomic E-state index is 12.9. The molecule has 5 heteroatoms. The summed E-state index contributed by atoms with van der Waals surface area (Å²) in [6.07, 6.45) is -0.721. The number of hydrogen-bond acceptors (Lipinski definition) is 2. The van der Waals surface area contributed by atoms with Crippen LogP contribution in [0.3, 0.4) is 0 Å². The number of amides is 1. The lowest BCUT2D eigenvalue weighted by molar-refractivity contribution is 0.112. The monoisotopic (exact) mass is 289 g/mol. The van der Waals surface area contributed by atoms with E-state index in [0.29, 0.717) is 17.0 Å². The van der Waals surface area contributed by atoms with E-state index in [1.54, 1.807) is 48.5 Å². The lowest BCUT2D eigenvalue weighted by atomic mass is 10.1. The van der Waals surface area contributed by atoms with Crippen molar-refractivity contribution in [3.8, 4) is 5.75 Å². The second-order valence-electron chi connectivity index (χ2n) is 4.97. The van der Waals surface area contributed by atoms with Crippen molar-refractivity contribution in [2.45, 2.75) is 18.3 Å². The smallest absolute Gasteiger partial charge is 0.410 e. The number of para-hydroxylation sites is 1. The SMILES string of the molecule is O=C(Nc1ccc(C2CC2(F)F)cc1)Oc1ccccc1. The molecule has 21 heavy (non-hydrogen) atoms. The molecule has 1 aliphatic carbocycles. The molecule has 0 aromatic heterocycles. The first-order valence-corrected chi connectivity index (χ1v) is 6.56. The Morgan fingerprint density at radius 2 is 1.71 bits per heavy atom. The summed E-state index contributed by atoms with van der Waals surface area (Å²) >= 11 is 0. The number of benzene rings is 2. The van der Waals surface area contributed by atoms with Crippen molar-refractivity contribution in [1.29, 1.82) is 0 Å². The summed E-state index contributed by atoms with van der Waals surface area (Å²) in [6, 6.07) is 15.0. The molecule has 0 radical (unpaired) electrons. The van der Waals surface area contributed by atoms with Crippen LogP contribution < -0.4 is 10.1 Å². The van der Waals surface area contributed by atoms with E-state index < -0.39 is 17.9 Å². The molecule has 1 aliphatic rings. The van der Waals surface area contributed by atoms with Crippen molar-refractivity contribution in [3.63, 3.8) is 0 Å². The van der Waals surface area contributed by atoms with E-state index in [-0.39, 0.29) is 6.42 Å². The zero-order chi connectivity index (χ0) is 14.9. The first kappa shape index (κ1) is 13.5. The average Bonchev–Trinajstić information content (AvgIpc) is 3.09. The summed E-state index contributed by atoms with van der Waals surface area (Å²) in [4.78, 5) is 11.7. The quantitative estimate of drug-likeness (QED) is 0.908. The van der Waals surface area contributed by atoms with Crippen LogP contribution in [0.5, 0.6) is 5.75 Å². The topological polar surface area (TPSA) is 38.3 Å². The fourth-order valence-corrected chi connectivity index (χ4v) is 2.11. The summed E-state index contributed by atoms with van der Waals surface area (Å²) in [5, 5.41) is 2.55. The van der Waals surface area contributed by atoms with Crippen molar-refractivity contribution < 1.29 is 18.3 Å². The predicted octanol–water partition coefficient (Wildman–Crippen LogP) is 4.42. The summed E-state index contributed by atoms with van der Waals surface area (Å²) in [5.74, 6) is -2.84. The van der Waals surface area contributed by atoms with E-state index in [9.17, 15) is 13.6 Å². The Kier molecular flexibility index (Phi) is 3.33. The fraction of sp³-hybridized carbons (Fsp3) is 0.188. The van der Waals surface area contributed by atoms with Crippen LogP contribution in [-0.2, 0) is 0 Å². The summed E-state index contributed by atoms with van der Waals surface area (Å²) in [6.45, 7) is 0. The van der Waals surface area contributed by atoms with E-state index >= 15 is 0 Å². The van der Waals surface area contributed by atoms with Crippen molar-refractivity contribution in [1.82, 2.24) is 0 Å². The maximum atomic E-state index is 12.9. The van der Waals surface area contributed by atoms with Gasteiger partial charge in [0, 0.05) is 12.1 Å². The minimum Gasteiger partial charge on any atom is -0.410 e. The van der Waals surface area contributed by atoms with E-state index in [4.69, 9.17) is 4.74 Å². The van der Waals surface area contributed by atoms with Gasteiger partial charge in [0.2, 0.25) is 0 Å². The molecule has 1 N–H and O–H groups in total. The fourth-order valence-electron chi connectivity index (χ4n) is 2.11.